The number of hydrogen-bond donors (Lipinski definition) is 0. The topological polar surface area (TPSA) is 0 Å². The minimum Gasteiger partial charge on any atom is -0.103 e. The van der Waals surface area contributed by atoms with Crippen molar-refractivity contribution in [1.82, 2.24) is 0 Å². The molecule has 0 aromatic heterocycles. The van der Waals surface area contributed by atoms with E-state index in [1.54, 1.807) is 6.08 Å². The van der Waals surface area contributed by atoms with E-state index < -0.39 is 0 Å². The largest absolute Gasteiger partial charge is 0.103 e. The number of rotatable bonds is 0. The van der Waals surface area contributed by atoms with Crippen molar-refractivity contribution in [2.75, 3.05) is 0 Å². The van der Waals surface area contributed by atoms with E-state index in [4.69, 9.17) is 0 Å². The summed E-state index contributed by atoms with van der Waals surface area (Å²) in [7, 11) is 0. The van der Waals surface area contributed by atoms with Crippen LogP contribution in [0.3, 0.4) is 0 Å². The minimum absolute atomic E-state index is 1.05. The third-order valence-electron chi connectivity index (χ3n) is 3.35. The van der Waals surface area contributed by atoms with Crippen molar-refractivity contribution in [1.29, 1.82) is 0 Å². The van der Waals surface area contributed by atoms with Gasteiger partial charge < -0.3 is 0 Å². The first kappa shape index (κ1) is 13.4. The Morgan fingerprint density at radius 3 is 2.47 bits per heavy atom. The molecule has 0 spiro atoms. The SMILES string of the molecule is C=C1C=C(C)C2=C(CC=C2)c2ccccc21.C=CC. The van der Waals surface area contributed by atoms with Gasteiger partial charge >= 0.3 is 0 Å². The van der Waals surface area contributed by atoms with Crippen molar-refractivity contribution in [3.8, 4) is 0 Å². The van der Waals surface area contributed by atoms with E-state index in [2.05, 4.69) is 62.6 Å². The maximum absolute atomic E-state index is 4.17. The average Bonchev–Trinajstić information content (AvgIpc) is 2.85. The van der Waals surface area contributed by atoms with Crippen LogP contribution in [0.1, 0.15) is 31.4 Å². The predicted molar refractivity (Wildman–Crippen MR) is 85.8 cm³/mol. The lowest BCUT2D eigenvalue weighted by Gasteiger charge is -2.09. The molecule has 1 aromatic rings. The molecule has 0 radical (unpaired) electrons. The normalized spacial score (nSPS) is 15.9. The van der Waals surface area contributed by atoms with Crippen molar-refractivity contribution < 1.29 is 0 Å². The molecule has 0 fully saturated rings. The van der Waals surface area contributed by atoms with Gasteiger partial charge in [-0.15, -0.1) is 6.58 Å². The second kappa shape index (κ2) is 5.71. The molecule has 2 aliphatic rings. The first-order chi connectivity index (χ1) is 9.19. The Morgan fingerprint density at radius 1 is 1.16 bits per heavy atom. The highest BCUT2D eigenvalue weighted by Crippen LogP contribution is 2.39. The molecule has 0 N–H and O–H groups in total. The van der Waals surface area contributed by atoms with Gasteiger partial charge in [0.25, 0.3) is 0 Å². The fourth-order valence-electron chi connectivity index (χ4n) is 2.57. The molecule has 0 saturated carbocycles. The second-order valence-corrected chi connectivity index (χ2v) is 4.81. The molecule has 0 heterocycles. The lowest BCUT2D eigenvalue weighted by Crippen LogP contribution is -1.89. The molecule has 0 atom stereocenters. The van der Waals surface area contributed by atoms with E-state index in [9.17, 15) is 0 Å². The van der Waals surface area contributed by atoms with E-state index in [0.717, 1.165) is 12.0 Å². The van der Waals surface area contributed by atoms with Crippen LogP contribution in [0.4, 0.5) is 0 Å². The van der Waals surface area contributed by atoms with Crippen LogP contribution < -0.4 is 0 Å². The molecular weight excluding hydrogens is 228 g/mol. The Hall–Kier alpha value is -2.08. The Bertz CT molecular complexity index is 607. The van der Waals surface area contributed by atoms with Crippen LogP contribution in [-0.4, -0.2) is 0 Å². The summed E-state index contributed by atoms with van der Waals surface area (Å²) in [4.78, 5) is 0. The molecule has 19 heavy (non-hydrogen) atoms. The van der Waals surface area contributed by atoms with Crippen molar-refractivity contribution >= 4 is 11.1 Å². The highest BCUT2D eigenvalue weighted by molar-refractivity contribution is 5.91. The molecule has 96 valence electrons. The summed E-state index contributed by atoms with van der Waals surface area (Å²) >= 11 is 0. The van der Waals surface area contributed by atoms with Gasteiger partial charge in [-0.05, 0) is 53.7 Å². The highest BCUT2D eigenvalue weighted by atomic mass is 14.2. The molecule has 0 nitrogen and oxygen atoms in total. The van der Waals surface area contributed by atoms with Gasteiger partial charge in [0.2, 0.25) is 0 Å². The summed E-state index contributed by atoms with van der Waals surface area (Å²) in [6.45, 7) is 11.6. The van der Waals surface area contributed by atoms with Crippen LogP contribution in [0, 0.1) is 0 Å². The molecule has 0 amide bonds. The van der Waals surface area contributed by atoms with Crippen molar-refractivity contribution in [2.24, 2.45) is 0 Å². The van der Waals surface area contributed by atoms with Crippen LogP contribution in [0.15, 0.2) is 72.9 Å². The average molecular weight is 248 g/mol. The van der Waals surface area contributed by atoms with Gasteiger partial charge in [0.15, 0.2) is 0 Å². The number of hydrogen-bond acceptors (Lipinski definition) is 0. The molecule has 0 aliphatic heterocycles. The van der Waals surface area contributed by atoms with Gasteiger partial charge in [0.1, 0.15) is 0 Å². The summed E-state index contributed by atoms with van der Waals surface area (Å²) in [5, 5.41) is 0. The molecule has 3 rings (SSSR count). The zero-order chi connectivity index (χ0) is 13.8. The lowest BCUT2D eigenvalue weighted by molar-refractivity contribution is 1.40. The van der Waals surface area contributed by atoms with Crippen LogP contribution in [0.25, 0.3) is 11.1 Å². The quantitative estimate of drug-likeness (QED) is 0.527. The summed E-state index contributed by atoms with van der Waals surface area (Å²) < 4.78 is 0. The Labute approximate surface area is 116 Å². The summed E-state index contributed by atoms with van der Waals surface area (Å²) in [6.07, 6.45) is 9.46. The molecule has 2 aliphatic carbocycles. The van der Waals surface area contributed by atoms with Gasteiger partial charge in [0, 0.05) is 0 Å². The maximum atomic E-state index is 4.17. The van der Waals surface area contributed by atoms with E-state index in [0.29, 0.717) is 0 Å². The van der Waals surface area contributed by atoms with E-state index in [-0.39, 0.29) is 0 Å². The zero-order valence-electron chi connectivity index (χ0n) is 11.7. The number of benzene rings is 1. The van der Waals surface area contributed by atoms with Gasteiger partial charge in [0.05, 0.1) is 0 Å². The van der Waals surface area contributed by atoms with Crippen molar-refractivity contribution in [2.45, 2.75) is 20.3 Å². The van der Waals surface area contributed by atoms with Crippen LogP contribution in [-0.2, 0) is 0 Å². The minimum atomic E-state index is 1.05. The first-order valence-electron chi connectivity index (χ1n) is 6.63. The third kappa shape index (κ3) is 2.53. The molecule has 0 unspecified atom stereocenters. The summed E-state index contributed by atoms with van der Waals surface area (Å²) in [5.41, 5.74) is 7.89. The van der Waals surface area contributed by atoms with Gasteiger partial charge in [-0.3, -0.25) is 0 Å². The van der Waals surface area contributed by atoms with E-state index >= 15 is 0 Å². The van der Waals surface area contributed by atoms with Crippen LogP contribution in [0.2, 0.25) is 0 Å². The van der Waals surface area contributed by atoms with Crippen LogP contribution >= 0.6 is 0 Å². The van der Waals surface area contributed by atoms with Gasteiger partial charge in [-0.25, -0.2) is 0 Å². The first-order valence-corrected chi connectivity index (χ1v) is 6.63. The standard InChI is InChI=1S/C16H14.C3H6/c1-11-10-12(2)14-8-5-9-16(14)15-7-4-3-6-13(11)15;1-3-2/h3-8,10H,1,9H2,2H3;3H,1H2,2H3. The summed E-state index contributed by atoms with van der Waals surface area (Å²) in [6, 6.07) is 8.56. The van der Waals surface area contributed by atoms with Gasteiger partial charge in [-0.1, -0.05) is 55.1 Å². The highest BCUT2D eigenvalue weighted by Gasteiger charge is 2.19. The third-order valence-corrected chi connectivity index (χ3v) is 3.35. The molecule has 0 bridgehead atoms. The van der Waals surface area contributed by atoms with Crippen LogP contribution in [0.5, 0.6) is 0 Å². The van der Waals surface area contributed by atoms with E-state index in [1.807, 2.05) is 6.92 Å². The number of fused-ring (bicyclic) bond motifs is 2. The fraction of sp³-hybridized carbons (Fsp3) is 0.158. The predicted octanol–water partition coefficient (Wildman–Crippen LogP) is 5.57. The summed E-state index contributed by atoms with van der Waals surface area (Å²) in [5.74, 6) is 0. The zero-order valence-corrected chi connectivity index (χ0v) is 11.7. The Balaban J connectivity index is 0.000000408. The van der Waals surface area contributed by atoms with Gasteiger partial charge in [-0.2, -0.15) is 0 Å². The molecule has 0 heteroatoms. The van der Waals surface area contributed by atoms with E-state index in [1.165, 1.54) is 27.8 Å². The number of allylic oxidation sites excluding steroid dienone is 8. The fourth-order valence-corrected chi connectivity index (χ4v) is 2.57. The maximum Gasteiger partial charge on any atom is -0.00819 e. The lowest BCUT2D eigenvalue weighted by atomic mass is 9.95. The smallest absolute Gasteiger partial charge is 0.00819 e. The molecular formula is C19H20. The monoisotopic (exact) mass is 248 g/mol. The second-order valence-electron chi connectivity index (χ2n) is 4.81. The van der Waals surface area contributed by atoms with Crippen molar-refractivity contribution in [3.05, 3.63) is 84.0 Å². The Kier molecular flexibility index (Phi) is 4.01. The molecule has 1 aromatic carbocycles. The molecule has 0 saturated heterocycles. The van der Waals surface area contributed by atoms with Crippen molar-refractivity contribution in [3.63, 3.8) is 0 Å². The Morgan fingerprint density at radius 2 is 1.79 bits per heavy atom.